The van der Waals surface area contributed by atoms with Gasteiger partial charge in [0, 0.05) is 25.2 Å². The third-order valence-corrected chi connectivity index (χ3v) is 6.21. The summed E-state index contributed by atoms with van der Waals surface area (Å²) in [6.07, 6.45) is 2.12. The molecule has 4 unspecified atom stereocenters. The van der Waals surface area contributed by atoms with Gasteiger partial charge >= 0.3 is 5.97 Å². The van der Waals surface area contributed by atoms with Gasteiger partial charge in [-0.15, -0.1) is 0 Å². The minimum absolute atomic E-state index is 0.0765. The van der Waals surface area contributed by atoms with Gasteiger partial charge in [-0.05, 0) is 45.4 Å². The summed E-state index contributed by atoms with van der Waals surface area (Å²) in [7, 11) is 0. The van der Waals surface area contributed by atoms with Crippen LogP contribution in [0.4, 0.5) is 0 Å². The number of ether oxygens (including phenoxy) is 2. The maximum atomic E-state index is 11.5. The standard InChI is InChI=1S/C17H28O4/c1-9-6-14(20-10(2)18)15-11(9)7-12-13(19)8-17(15,5)21-16(12,3)4/h9,11-15,19H,6-8H2,1-5H3/t9-,11?,12+,13?,14?,15?,17-/m1/s1. The lowest BCUT2D eigenvalue weighted by atomic mass is 9.76. The van der Waals surface area contributed by atoms with Crippen molar-refractivity contribution in [2.24, 2.45) is 23.7 Å². The Morgan fingerprint density at radius 3 is 2.52 bits per heavy atom. The molecule has 120 valence electrons. The van der Waals surface area contributed by atoms with Crippen LogP contribution in [-0.4, -0.2) is 34.5 Å². The van der Waals surface area contributed by atoms with E-state index < -0.39 is 5.60 Å². The summed E-state index contributed by atoms with van der Waals surface area (Å²) < 4.78 is 12.1. The fourth-order valence-corrected chi connectivity index (χ4v) is 5.55. The van der Waals surface area contributed by atoms with E-state index >= 15 is 0 Å². The summed E-state index contributed by atoms with van der Waals surface area (Å²) in [5.41, 5.74) is -0.733. The maximum Gasteiger partial charge on any atom is 0.302 e. The van der Waals surface area contributed by atoms with Gasteiger partial charge in [0.05, 0.1) is 17.3 Å². The Bertz CT molecular complexity index is 446. The van der Waals surface area contributed by atoms with Gasteiger partial charge < -0.3 is 14.6 Å². The Kier molecular flexibility index (Phi) is 3.42. The first-order valence-electron chi connectivity index (χ1n) is 8.19. The first-order chi connectivity index (χ1) is 9.64. The molecule has 4 nitrogen and oxygen atoms in total. The highest BCUT2D eigenvalue weighted by atomic mass is 16.6. The van der Waals surface area contributed by atoms with Crippen molar-refractivity contribution in [3.05, 3.63) is 0 Å². The van der Waals surface area contributed by atoms with Gasteiger partial charge in [-0.25, -0.2) is 0 Å². The first kappa shape index (κ1) is 15.3. The van der Waals surface area contributed by atoms with E-state index in [1.54, 1.807) is 0 Å². The number of hydrogen-bond acceptors (Lipinski definition) is 4. The smallest absolute Gasteiger partial charge is 0.302 e. The van der Waals surface area contributed by atoms with Gasteiger partial charge in [-0.1, -0.05) is 6.92 Å². The zero-order valence-corrected chi connectivity index (χ0v) is 13.8. The summed E-state index contributed by atoms with van der Waals surface area (Å²) in [5, 5.41) is 10.6. The lowest BCUT2D eigenvalue weighted by molar-refractivity contribution is -0.239. The van der Waals surface area contributed by atoms with Crippen molar-refractivity contribution in [2.75, 3.05) is 0 Å². The SMILES string of the molecule is CC(=O)OC1C[C@@H](C)C2C[C@H]3C(O)C[C@@](C)(OC3(C)C)C12. The molecule has 21 heavy (non-hydrogen) atoms. The third kappa shape index (κ3) is 2.31. The van der Waals surface area contributed by atoms with Crippen LogP contribution in [0.5, 0.6) is 0 Å². The minimum Gasteiger partial charge on any atom is -0.462 e. The van der Waals surface area contributed by atoms with Crippen LogP contribution in [0.1, 0.15) is 53.9 Å². The molecule has 4 fully saturated rings. The van der Waals surface area contributed by atoms with Gasteiger partial charge in [-0.3, -0.25) is 4.79 Å². The lowest BCUT2D eigenvalue weighted by Crippen LogP contribution is -2.56. The molecule has 2 bridgehead atoms. The third-order valence-electron chi connectivity index (χ3n) is 6.21. The molecular weight excluding hydrogens is 268 g/mol. The Morgan fingerprint density at radius 1 is 1.29 bits per heavy atom. The summed E-state index contributed by atoms with van der Waals surface area (Å²) in [4.78, 5) is 11.5. The largest absolute Gasteiger partial charge is 0.462 e. The first-order valence-corrected chi connectivity index (χ1v) is 8.19. The molecule has 2 aliphatic heterocycles. The van der Waals surface area contributed by atoms with E-state index in [1.165, 1.54) is 6.92 Å². The van der Waals surface area contributed by atoms with E-state index in [9.17, 15) is 9.90 Å². The highest BCUT2D eigenvalue weighted by Gasteiger charge is 2.62. The summed E-state index contributed by atoms with van der Waals surface area (Å²) in [6.45, 7) is 10.0. The van der Waals surface area contributed by atoms with Crippen LogP contribution in [0.3, 0.4) is 0 Å². The predicted octanol–water partition coefficient (Wildman–Crippen LogP) is 2.53. The van der Waals surface area contributed by atoms with Crippen LogP contribution >= 0.6 is 0 Å². The Morgan fingerprint density at radius 2 is 1.95 bits per heavy atom. The molecule has 0 amide bonds. The van der Waals surface area contributed by atoms with Gasteiger partial charge in [0.15, 0.2) is 0 Å². The van der Waals surface area contributed by atoms with E-state index in [-0.39, 0.29) is 35.6 Å². The number of aliphatic hydroxyl groups is 1. The Labute approximate surface area is 127 Å². The summed E-state index contributed by atoms with van der Waals surface area (Å²) in [5.74, 6) is 1.11. The lowest BCUT2D eigenvalue weighted by Gasteiger charge is -2.50. The van der Waals surface area contributed by atoms with Crippen molar-refractivity contribution in [1.82, 2.24) is 0 Å². The second-order valence-electron chi connectivity index (χ2n) is 8.18. The second-order valence-corrected chi connectivity index (χ2v) is 8.18. The molecule has 4 aliphatic rings. The molecule has 2 saturated carbocycles. The molecular formula is C17H28O4. The van der Waals surface area contributed by atoms with E-state index in [0.29, 0.717) is 18.3 Å². The molecule has 0 aromatic rings. The number of esters is 1. The zero-order chi connectivity index (χ0) is 15.6. The molecule has 2 heterocycles. The average Bonchev–Trinajstić information content (AvgIpc) is 2.46. The fraction of sp³-hybridized carbons (Fsp3) is 0.941. The number of hydrogen-bond donors (Lipinski definition) is 1. The number of rotatable bonds is 1. The van der Waals surface area contributed by atoms with Crippen LogP contribution < -0.4 is 0 Å². The normalized spacial score (nSPS) is 51.3. The van der Waals surface area contributed by atoms with Crippen molar-refractivity contribution in [3.63, 3.8) is 0 Å². The van der Waals surface area contributed by atoms with Gasteiger partial charge in [0.2, 0.25) is 0 Å². The quantitative estimate of drug-likeness (QED) is 0.756. The molecule has 0 aromatic heterocycles. The number of carbonyl (C=O) groups is 1. The molecule has 2 aliphatic carbocycles. The monoisotopic (exact) mass is 296 g/mol. The molecule has 4 rings (SSSR count). The van der Waals surface area contributed by atoms with Crippen LogP contribution in [-0.2, 0) is 14.3 Å². The van der Waals surface area contributed by atoms with E-state index in [0.717, 1.165) is 12.8 Å². The molecule has 0 aromatic carbocycles. The number of fused-ring (bicyclic) bond motifs is 2. The zero-order valence-electron chi connectivity index (χ0n) is 13.8. The highest BCUT2D eigenvalue weighted by molar-refractivity contribution is 5.66. The Hall–Kier alpha value is -0.610. The van der Waals surface area contributed by atoms with Crippen molar-refractivity contribution in [2.45, 2.75) is 77.3 Å². The molecule has 2 saturated heterocycles. The summed E-state index contributed by atoms with van der Waals surface area (Å²) >= 11 is 0. The van der Waals surface area contributed by atoms with Gasteiger partial charge in [0.1, 0.15) is 6.10 Å². The maximum absolute atomic E-state index is 11.5. The van der Waals surface area contributed by atoms with Crippen LogP contribution in [0.15, 0.2) is 0 Å². The molecule has 4 heteroatoms. The van der Waals surface area contributed by atoms with Crippen LogP contribution in [0.25, 0.3) is 0 Å². The molecule has 1 N–H and O–H groups in total. The van der Waals surface area contributed by atoms with Gasteiger partial charge in [-0.2, -0.15) is 0 Å². The van der Waals surface area contributed by atoms with E-state index in [2.05, 4.69) is 27.7 Å². The topological polar surface area (TPSA) is 55.8 Å². The van der Waals surface area contributed by atoms with Gasteiger partial charge in [0.25, 0.3) is 0 Å². The van der Waals surface area contributed by atoms with Crippen LogP contribution in [0.2, 0.25) is 0 Å². The second kappa shape index (κ2) is 4.69. The van der Waals surface area contributed by atoms with Crippen molar-refractivity contribution < 1.29 is 19.4 Å². The average molecular weight is 296 g/mol. The minimum atomic E-state index is -0.411. The summed E-state index contributed by atoms with van der Waals surface area (Å²) in [6, 6.07) is 0. The molecule has 0 spiro atoms. The Balaban J connectivity index is 2.00. The number of carbonyl (C=O) groups excluding carboxylic acids is 1. The molecule has 7 atom stereocenters. The highest BCUT2D eigenvalue weighted by Crippen LogP contribution is 2.58. The van der Waals surface area contributed by atoms with Crippen molar-refractivity contribution in [3.8, 4) is 0 Å². The molecule has 0 radical (unpaired) electrons. The van der Waals surface area contributed by atoms with E-state index in [1.807, 2.05) is 0 Å². The predicted molar refractivity (Wildman–Crippen MR) is 78.6 cm³/mol. The van der Waals surface area contributed by atoms with E-state index in [4.69, 9.17) is 9.47 Å². The number of aliphatic hydroxyl groups excluding tert-OH is 1. The van der Waals surface area contributed by atoms with Crippen molar-refractivity contribution in [1.29, 1.82) is 0 Å². The van der Waals surface area contributed by atoms with Crippen molar-refractivity contribution >= 4 is 5.97 Å². The fourth-order valence-electron chi connectivity index (χ4n) is 5.55. The van der Waals surface area contributed by atoms with Crippen LogP contribution in [0, 0.1) is 23.7 Å².